The molecule has 1 saturated heterocycles. The Labute approximate surface area is 176 Å². The van der Waals surface area contributed by atoms with Crippen molar-refractivity contribution >= 4 is 17.4 Å². The standard InChI is InChI=1S/C21H31N5O4/c1-21(2,3)30-20(27)24-15-4-6-17(7-5-15)29-18-12-16(25-8-10-28-11-9-25)13-26-19(18)22-14-23-26/h12-15,17H,4-11H2,1-3H3,(H,24,27). The summed E-state index contributed by atoms with van der Waals surface area (Å²) < 4.78 is 19.0. The van der Waals surface area contributed by atoms with Gasteiger partial charge in [0, 0.05) is 25.2 Å². The predicted octanol–water partition coefficient (Wildman–Crippen LogP) is 2.78. The molecule has 30 heavy (non-hydrogen) atoms. The van der Waals surface area contributed by atoms with E-state index >= 15 is 0 Å². The first-order valence-electron chi connectivity index (χ1n) is 10.7. The number of pyridine rings is 1. The van der Waals surface area contributed by atoms with Crippen LogP contribution in [0.3, 0.4) is 0 Å². The molecular weight excluding hydrogens is 386 g/mol. The smallest absolute Gasteiger partial charge is 0.407 e. The fourth-order valence-corrected chi connectivity index (χ4v) is 3.94. The monoisotopic (exact) mass is 417 g/mol. The van der Waals surface area contributed by atoms with E-state index in [-0.39, 0.29) is 18.2 Å². The van der Waals surface area contributed by atoms with Crippen LogP contribution in [0.4, 0.5) is 10.5 Å². The van der Waals surface area contributed by atoms with Crippen LogP contribution in [0.15, 0.2) is 18.6 Å². The molecule has 1 amide bonds. The summed E-state index contributed by atoms with van der Waals surface area (Å²) in [5.74, 6) is 0.750. The zero-order valence-electron chi connectivity index (χ0n) is 18.0. The van der Waals surface area contributed by atoms with E-state index in [9.17, 15) is 4.79 Å². The Balaban J connectivity index is 1.38. The number of amides is 1. The Kier molecular flexibility index (Phi) is 5.99. The molecule has 4 rings (SSSR count). The van der Waals surface area contributed by atoms with Gasteiger partial charge in [-0.15, -0.1) is 0 Å². The lowest BCUT2D eigenvalue weighted by molar-refractivity contribution is 0.0471. The predicted molar refractivity (Wildman–Crippen MR) is 112 cm³/mol. The number of hydrogen-bond acceptors (Lipinski definition) is 7. The van der Waals surface area contributed by atoms with Gasteiger partial charge in [0.25, 0.3) is 0 Å². The van der Waals surface area contributed by atoms with Crippen LogP contribution in [0.25, 0.3) is 5.65 Å². The van der Waals surface area contributed by atoms with Crippen LogP contribution >= 0.6 is 0 Å². The SMILES string of the molecule is CC(C)(C)OC(=O)NC1CCC(Oc2cc(N3CCOCC3)cn3ncnc23)CC1. The molecule has 3 heterocycles. The molecule has 0 bridgehead atoms. The Morgan fingerprint density at radius 2 is 1.93 bits per heavy atom. The molecule has 1 N–H and O–H groups in total. The molecule has 0 spiro atoms. The number of anilines is 1. The Morgan fingerprint density at radius 3 is 2.63 bits per heavy atom. The second kappa shape index (κ2) is 8.67. The van der Waals surface area contributed by atoms with E-state index in [1.807, 2.05) is 27.0 Å². The fraction of sp³-hybridized carbons (Fsp3) is 0.667. The lowest BCUT2D eigenvalue weighted by Crippen LogP contribution is -2.42. The summed E-state index contributed by atoms with van der Waals surface area (Å²) in [7, 11) is 0. The highest BCUT2D eigenvalue weighted by molar-refractivity contribution is 5.68. The van der Waals surface area contributed by atoms with Crippen LogP contribution in [0.2, 0.25) is 0 Å². The highest BCUT2D eigenvalue weighted by atomic mass is 16.6. The maximum atomic E-state index is 12.0. The molecular formula is C21H31N5O4. The van der Waals surface area contributed by atoms with E-state index in [4.69, 9.17) is 14.2 Å². The van der Waals surface area contributed by atoms with Crippen molar-refractivity contribution in [2.45, 2.75) is 64.2 Å². The van der Waals surface area contributed by atoms with Gasteiger partial charge in [-0.25, -0.2) is 14.3 Å². The molecule has 0 unspecified atom stereocenters. The molecule has 0 radical (unpaired) electrons. The van der Waals surface area contributed by atoms with E-state index in [0.717, 1.165) is 69.1 Å². The molecule has 2 aliphatic rings. The van der Waals surface area contributed by atoms with E-state index in [2.05, 4.69) is 26.4 Å². The average molecular weight is 418 g/mol. The number of fused-ring (bicyclic) bond motifs is 1. The van der Waals surface area contributed by atoms with E-state index in [1.165, 1.54) is 0 Å². The molecule has 0 aromatic carbocycles. The van der Waals surface area contributed by atoms with Crippen molar-refractivity contribution in [3.05, 3.63) is 18.6 Å². The summed E-state index contributed by atoms with van der Waals surface area (Å²) in [4.78, 5) is 18.7. The minimum Gasteiger partial charge on any atom is -0.486 e. The molecule has 9 nitrogen and oxygen atoms in total. The number of hydrogen-bond donors (Lipinski definition) is 1. The first-order valence-corrected chi connectivity index (χ1v) is 10.7. The second-order valence-corrected chi connectivity index (χ2v) is 8.93. The summed E-state index contributed by atoms with van der Waals surface area (Å²) in [5, 5.41) is 7.28. The van der Waals surface area contributed by atoms with E-state index in [0.29, 0.717) is 0 Å². The van der Waals surface area contributed by atoms with Gasteiger partial charge in [0.1, 0.15) is 11.9 Å². The van der Waals surface area contributed by atoms with Gasteiger partial charge < -0.3 is 24.4 Å². The van der Waals surface area contributed by atoms with Crippen LogP contribution in [0.1, 0.15) is 46.5 Å². The van der Waals surface area contributed by atoms with Crippen molar-refractivity contribution in [3.63, 3.8) is 0 Å². The quantitative estimate of drug-likeness (QED) is 0.818. The maximum Gasteiger partial charge on any atom is 0.407 e. The number of carbonyl (C=O) groups excluding carboxylic acids is 1. The molecule has 1 aliphatic heterocycles. The summed E-state index contributed by atoms with van der Waals surface area (Å²) >= 11 is 0. The van der Waals surface area contributed by atoms with Gasteiger partial charge in [-0.1, -0.05) is 0 Å². The number of aromatic nitrogens is 3. The largest absolute Gasteiger partial charge is 0.486 e. The van der Waals surface area contributed by atoms with Gasteiger partial charge in [-0.3, -0.25) is 0 Å². The summed E-state index contributed by atoms with van der Waals surface area (Å²) in [6.07, 6.45) is 6.71. The summed E-state index contributed by atoms with van der Waals surface area (Å²) in [5.41, 5.74) is 1.30. The van der Waals surface area contributed by atoms with Crippen molar-refractivity contribution < 1.29 is 19.0 Å². The topological polar surface area (TPSA) is 90.2 Å². The zero-order valence-corrected chi connectivity index (χ0v) is 18.0. The van der Waals surface area contributed by atoms with E-state index in [1.54, 1.807) is 10.8 Å². The van der Waals surface area contributed by atoms with Crippen LogP contribution in [0, 0.1) is 0 Å². The third kappa shape index (κ3) is 5.13. The lowest BCUT2D eigenvalue weighted by atomic mass is 9.93. The van der Waals surface area contributed by atoms with Crippen LogP contribution in [-0.4, -0.2) is 64.7 Å². The first kappa shape index (κ1) is 20.7. The van der Waals surface area contributed by atoms with Crippen molar-refractivity contribution in [1.29, 1.82) is 0 Å². The number of alkyl carbamates (subject to hydrolysis) is 1. The average Bonchev–Trinajstić information content (AvgIpc) is 3.18. The highest BCUT2D eigenvalue weighted by Gasteiger charge is 2.26. The Bertz CT molecular complexity index is 864. The van der Waals surface area contributed by atoms with Gasteiger partial charge in [-0.2, -0.15) is 5.10 Å². The van der Waals surface area contributed by atoms with Crippen molar-refractivity contribution in [3.8, 4) is 5.75 Å². The van der Waals surface area contributed by atoms with Crippen molar-refractivity contribution in [2.24, 2.45) is 0 Å². The molecule has 2 aromatic heterocycles. The zero-order chi connectivity index (χ0) is 21.1. The number of rotatable bonds is 4. The lowest BCUT2D eigenvalue weighted by Gasteiger charge is -2.31. The van der Waals surface area contributed by atoms with Gasteiger partial charge in [0.05, 0.1) is 31.2 Å². The molecule has 2 aromatic rings. The number of nitrogens with one attached hydrogen (secondary N) is 1. The fourth-order valence-electron chi connectivity index (χ4n) is 3.94. The number of ether oxygens (including phenoxy) is 3. The number of carbonyl (C=O) groups is 1. The van der Waals surface area contributed by atoms with Crippen LogP contribution < -0.4 is 15.0 Å². The summed E-state index contributed by atoms with van der Waals surface area (Å²) in [6, 6.07) is 2.17. The molecule has 1 saturated carbocycles. The van der Waals surface area contributed by atoms with Crippen LogP contribution in [0.5, 0.6) is 5.75 Å². The summed E-state index contributed by atoms with van der Waals surface area (Å²) in [6.45, 7) is 8.75. The number of morpholine rings is 1. The highest BCUT2D eigenvalue weighted by Crippen LogP contribution is 2.30. The third-order valence-electron chi connectivity index (χ3n) is 5.39. The minimum absolute atomic E-state index is 0.0853. The molecule has 1 aliphatic carbocycles. The molecule has 164 valence electrons. The van der Waals surface area contributed by atoms with Gasteiger partial charge in [0.2, 0.25) is 0 Å². The third-order valence-corrected chi connectivity index (χ3v) is 5.39. The van der Waals surface area contributed by atoms with Gasteiger partial charge in [0.15, 0.2) is 11.4 Å². The van der Waals surface area contributed by atoms with Crippen molar-refractivity contribution in [1.82, 2.24) is 19.9 Å². The Morgan fingerprint density at radius 1 is 1.20 bits per heavy atom. The van der Waals surface area contributed by atoms with E-state index < -0.39 is 5.60 Å². The van der Waals surface area contributed by atoms with Crippen molar-refractivity contribution in [2.75, 3.05) is 31.2 Å². The number of nitrogens with zero attached hydrogens (tertiary/aromatic N) is 4. The van der Waals surface area contributed by atoms with Gasteiger partial charge in [-0.05, 0) is 46.5 Å². The van der Waals surface area contributed by atoms with Crippen LogP contribution in [-0.2, 0) is 9.47 Å². The first-order chi connectivity index (χ1) is 14.4. The second-order valence-electron chi connectivity index (χ2n) is 8.93. The Hall–Kier alpha value is -2.55. The van der Waals surface area contributed by atoms with Gasteiger partial charge >= 0.3 is 6.09 Å². The normalized spacial score (nSPS) is 22.7. The molecule has 9 heteroatoms. The molecule has 2 fully saturated rings. The molecule has 0 atom stereocenters. The minimum atomic E-state index is -0.487. The maximum absolute atomic E-state index is 12.0.